The molecule has 1 unspecified atom stereocenters. The van der Waals surface area contributed by atoms with Gasteiger partial charge >= 0.3 is 0 Å². The van der Waals surface area contributed by atoms with E-state index >= 15 is 0 Å². The number of nitrogens with zero attached hydrogens (tertiary/aromatic N) is 1. The van der Waals surface area contributed by atoms with Crippen molar-refractivity contribution in [3.05, 3.63) is 0 Å². The SMILES string of the molecule is CCC(C)N(CC)C(=O)CNC(C)(C)C. The minimum Gasteiger partial charge on any atom is -0.339 e. The molecule has 0 fully saturated rings. The largest absolute Gasteiger partial charge is 0.339 e. The Labute approximate surface area is 94.2 Å². The van der Waals surface area contributed by atoms with Gasteiger partial charge in [0, 0.05) is 18.1 Å². The number of likely N-dealkylation sites (N-methyl/N-ethyl adjacent to an activating group) is 1. The molecular weight excluding hydrogens is 188 g/mol. The summed E-state index contributed by atoms with van der Waals surface area (Å²) < 4.78 is 0. The second-order valence-electron chi connectivity index (χ2n) is 5.04. The lowest BCUT2D eigenvalue weighted by Crippen LogP contribution is -2.47. The molecule has 1 atom stereocenters. The Morgan fingerprint density at radius 3 is 2.20 bits per heavy atom. The predicted molar refractivity (Wildman–Crippen MR) is 64.9 cm³/mol. The molecular formula is C12H26N2O. The fourth-order valence-electron chi connectivity index (χ4n) is 1.40. The lowest BCUT2D eigenvalue weighted by Gasteiger charge is -2.29. The predicted octanol–water partition coefficient (Wildman–Crippen LogP) is 2.02. The lowest BCUT2D eigenvalue weighted by molar-refractivity contribution is -0.132. The van der Waals surface area contributed by atoms with Gasteiger partial charge in [0.1, 0.15) is 0 Å². The van der Waals surface area contributed by atoms with Gasteiger partial charge in [0.15, 0.2) is 0 Å². The molecule has 0 saturated heterocycles. The van der Waals surface area contributed by atoms with Crippen molar-refractivity contribution in [1.82, 2.24) is 10.2 Å². The van der Waals surface area contributed by atoms with Gasteiger partial charge in [-0.2, -0.15) is 0 Å². The molecule has 0 heterocycles. The molecule has 0 spiro atoms. The maximum Gasteiger partial charge on any atom is 0.236 e. The van der Waals surface area contributed by atoms with Crippen molar-refractivity contribution in [2.45, 2.75) is 59.5 Å². The minimum absolute atomic E-state index is 0.00449. The first kappa shape index (κ1) is 14.4. The van der Waals surface area contributed by atoms with Crippen molar-refractivity contribution in [2.75, 3.05) is 13.1 Å². The Bertz CT molecular complexity index is 196. The van der Waals surface area contributed by atoms with E-state index in [4.69, 9.17) is 0 Å². The van der Waals surface area contributed by atoms with E-state index in [0.29, 0.717) is 12.6 Å². The molecule has 0 aromatic rings. The van der Waals surface area contributed by atoms with E-state index in [2.05, 4.69) is 39.9 Å². The smallest absolute Gasteiger partial charge is 0.236 e. The Balaban J connectivity index is 4.17. The highest BCUT2D eigenvalue weighted by molar-refractivity contribution is 5.78. The van der Waals surface area contributed by atoms with E-state index in [9.17, 15) is 4.79 Å². The van der Waals surface area contributed by atoms with Crippen LogP contribution in [0, 0.1) is 0 Å². The molecule has 15 heavy (non-hydrogen) atoms. The van der Waals surface area contributed by atoms with Gasteiger partial charge in [-0.3, -0.25) is 4.79 Å². The van der Waals surface area contributed by atoms with Crippen LogP contribution in [0.2, 0.25) is 0 Å². The first-order chi connectivity index (χ1) is 6.81. The highest BCUT2D eigenvalue weighted by Gasteiger charge is 2.18. The summed E-state index contributed by atoms with van der Waals surface area (Å²) in [5.74, 6) is 0.196. The van der Waals surface area contributed by atoms with Crippen molar-refractivity contribution >= 4 is 5.91 Å². The zero-order valence-electron chi connectivity index (χ0n) is 11.1. The summed E-state index contributed by atoms with van der Waals surface area (Å²) in [6, 6.07) is 0.337. The van der Waals surface area contributed by atoms with Crippen LogP contribution in [0.15, 0.2) is 0 Å². The van der Waals surface area contributed by atoms with E-state index in [0.717, 1.165) is 13.0 Å². The first-order valence-corrected chi connectivity index (χ1v) is 5.86. The van der Waals surface area contributed by atoms with Gasteiger partial charge in [0.2, 0.25) is 5.91 Å². The van der Waals surface area contributed by atoms with Gasteiger partial charge in [-0.25, -0.2) is 0 Å². The van der Waals surface area contributed by atoms with Crippen LogP contribution in [0.4, 0.5) is 0 Å². The number of nitrogens with one attached hydrogen (secondary N) is 1. The second kappa shape index (κ2) is 6.11. The fraction of sp³-hybridized carbons (Fsp3) is 0.917. The number of rotatable bonds is 5. The molecule has 90 valence electrons. The zero-order valence-corrected chi connectivity index (χ0v) is 11.1. The maximum absolute atomic E-state index is 11.9. The summed E-state index contributed by atoms with van der Waals surface area (Å²) >= 11 is 0. The molecule has 0 saturated carbocycles. The molecule has 1 amide bonds. The summed E-state index contributed by atoms with van der Waals surface area (Å²) in [6.07, 6.45) is 1.01. The quantitative estimate of drug-likeness (QED) is 0.759. The molecule has 0 aliphatic rings. The Morgan fingerprint density at radius 2 is 1.87 bits per heavy atom. The maximum atomic E-state index is 11.9. The van der Waals surface area contributed by atoms with E-state index < -0.39 is 0 Å². The number of amides is 1. The third-order valence-corrected chi connectivity index (χ3v) is 2.55. The number of hydrogen-bond acceptors (Lipinski definition) is 2. The third kappa shape index (κ3) is 5.78. The van der Waals surface area contributed by atoms with Gasteiger partial charge < -0.3 is 10.2 Å². The van der Waals surface area contributed by atoms with Gasteiger partial charge in [0.25, 0.3) is 0 Å². The van der Waals surface area contributed by atoms with E-state index in [1.165, 1.54) is 0 Å². The normalized spacial score (nSPS) is 13.7. The van der Waals surface area contributed by atoms with Gasteiger partial charge in [-0.1, -0.05) is 6.92 Å². The van der Waals surface area contributed by atoms with Crippen molar-refractivity contribution in [1.29, 1.82) is 0 Å². The summed E-state index contributed by atoms with van der Waals surface area (Å²) in [5, 5.41) is 3.22. The Morgan fingerprint density at radius 1 is 1.33 bits per heavy atom. The molecule has 0 radical (unpaired) electrons. The summed E-state index contributed by atoms with van der Waals surface area (Å²) in [7, 11) is 0. The first-order valence-electron chi connectivity index (χ1n) is 5.86. The molecule has 3 nitrogen and oxygen atoms in total. The molecule has 0 aromatic carbocycles. The van der Waals surface area contributed by atoms with Crippen molar-refractivity contribution in [2.24, 2.45) is 0 Å². The molecule has 0 bridgehead atoms. The van der Waals surface area contributed by atoms with Crippen LogP contribution in [-0.4, -0.2) is 35.5 Å². The average molecular weight is 214 g/mol. The molecule has 1 N–H and O–H groups in total. The number of carbonyl (C=O) groups is 1. The van der Waals surface area contributed by atoms with Crippen LogP contribution < -0.4 is 5.32 Å². The van der Waals surface area contributed by atoms with Crippen molar-refractivity contribution in [3.8, 4) is 0 Å². The summed E-state index contributed by atoms with van der Waals surface area (Å²) in [4.78, 5) is 13.8. The van der Waals surface area contributed by atoms with Crippen LogP contribution in [0.3, 0.4) is 0 Å². The minimum atomic E-state index is 0.00449. The van der Waals surface area contributed by atoms with E-state index in [1.807, 2.05) is 11.8 Å². The zero-order chi connectivity index (χ0) is 12.1. The topological polar surface area (TPSA) is 32.3 Å². The monoisotopic (exact) mass is 214 g/mol. The average Bonchev–Trinajstić information content (AvgIpc) is 2.14. The second-order valence-corrected chi connectivity index (χ2v) is 5.04. The van der Waals surface area contributed by atoms with Crippen LogP contribution >= 0.6 is 0 Å². The highest BCUT2D eigenvalue weighted by atomic mass is 16.2. The number of hydrogen-bond donors (Lipinski definition) is 1. The number of carbonyl (C=O) groups excluding carboxylic acids is 1. The van der Waals surface area contributed by atoms with Crippen LogP contribution in [-0.2, 0) is 4.79 Å². The lowest BCUT2D eigenvalue weighted by atomic mass is 10.1. The van der Waals surface area contributed by atoms with Crippen LogP contribution in [0.5, 0.6) is 0 Å². The molecule has 0 aliphatic carbocycles. The molecule has 0 rings (SSSR count). The molecule has 0 aromatic heterocycles. The Kier molecular flexibility index (Phi) is 5.88. The standard InChI is InChI=1S/C12H26N2O/c1-7-10(3)14(8-2)11(15)9-13-12(4,5)6/h10,13H,7-9H2,1-6H3. The third-order valence-electron chi connectivity index (χ3n) is 2.55. The van der Waals surface area contributed by atoms with Gasteiger partial charge in [-0.05, 0) is 41.0 Å². The van der Waals surface area contributed by atoms with Gasteiger partial charge in [-0.15, -0.1) is 0 Å². The summed E-state index contributed by atoms with van der Waals surface area (Å²) in [5.41, 5.74) is 0.00449. The van der Waals surface area contributed by atoms with Gasteiger partial charge in [0.05, 0.1) is 6.54 Å². The fourth-order valence-corrected chi connectivity index (χ4v) is 1.40. The molecule has 0 aliphatic heterocycles. The Hall–Kier alpha value is -0.570. The van der Waals surface area contributed by atoms with Crippen LogP contribution in [0.25, 0.3) is 0 Å². The highest BCUT2D eigenvalue weighted by Crippen LogP contribution is 2.04. The molecule has 3 heteroatoms. The van der Waals surface area contributed by atoms with E-state index in [1.54, 1.807) is 0 Å². The summed E-state index contributed by atoms with van der Waals surface area (Å²) in [6.45, 7) is 13.7. The van der Waals surface area contributed by atoms with Crippen molar-refractivity contribution < 1.29 is 4.79 Å². The van der Waals surface area contributed by atoms with Crippen LogP contribution in [0.1, 0.15) is 48.0 Å². The van der Waals surface area contributed by atoms with Crippen molar-refractivity contribution in [3.63, 3.8) is 0 Å². The van der Waals surface area contributed by atoms with E-state index in [-0.39, 0.29) is 11.4 Å².